The van der Waals surface area contributed by atoms with Crippen LogP contribution in [-0.2, 0) is 14.5 Å². The molecule has 0 amide bonds. The van der Waals surface area contributed by atoms with Crippen LogP contribution in [-0.4, -0.2) is 11.6 Å². The Kier molecular flexibility index (Phi) is 1.56. The minimum atomic E-state index is -0.451. The highest BCUT2D eigenvalue weighted by Crippen LogP contribution is 2.53. The summed E-state index contributed by atoms with van der Waals surface area (Å²) < 4.78 is 5.93. The summed E-state index contributed by atoms with van der Waals surface area (Å²) in [5.74, 6) is -0.254. The molecular weight excluding hydrogens is 168 g/mol. The van der Waals surface area contributed by atoms with E-state index in [1.807, 2.05) is 6.92 Å². The lowest BCUT2D eigenvalue weighted by Crippen LogP contribution is -2.47. The van der Waals surface area contributed by atoms with E-state index >= 15 is 0 Å². The van der Waals surface area contributed by atoms with Gasteiger partial charge >= 0.3 is 0 Å². The molecule has 3 rings (SSSR count). The van der Waals surface area contributed by atoms with Crippen molar-refractivity contribution in [3.05, 3.63) is 0 Å². The van der Waals surface area contributed by atoms with E-state index in [1.165, 1.54) is 25.7 Å². The molecule has 1 spiro atoms. The molecule has 2 aliphatic heterocycles. The molecule has 3 unspecified atom stereocenters. The fourth-order valence-corrected chi connectivity index (χ4v) is 2.88. The van der Waals surface area contributed by atoms with Crippen molar-refractivity contribution in [2.75, 3.05) is 0 Å². The third-order valence-electron chi connectivity index (χ3n) is 3.64. The lowest BCUT2D eigenvalue weighted by atomic mass is 9.78. The second-order valence-corrected chi connectivity index (χ2v) is 4.70. The first kappa shape index (κ1) is 8.21. The van der Waals surface area contributed by atoms with Gasteiger partial charge in [-0.1, -0.05) is 6.42 Å². The predicted octanol–water partition coefficient (Wildman–Crippen LogP) is 2.36. The Morgan fingerprint density at radius 3 is 2.92 bits per heavy atom. The van der Waals surface area contributed by atoms with Crippen molar-refractivity contribution in [3.63, 3.8) is 0 Å². The van der Waals surface area contributed by atoms with Gasteiger partial charge in [-0.3, -0.25) is 0 Å². The molecule has 74 valence electrons. The highest BCUT2D eigenvalue weighted by Gasteiger charge is 2.58. The van der Waals surface area contributed by atoms with E-state index in [2.05, 4.69) is 0 Å². The van der Waals surface area contributed by atoms with E-state index < -0.39 is 5.79 Å². The molecule has 13 heavy (non-hydrogen) atoms. The largest absolute Gasteiger partial charge is 0.312 e. The Morgan fingerprint density at radius 1 is 1.08 bits per heavy atom. The monoisotopic (exact) mass is 184 g/mol. The van der Waals surface area contributed by atoms with Gasteiger partial charge in [-0.05, 0) is 26.2 Å². The fourth-order valence-electron chi connectivity index (χ4n) is 2.88. The molecule has 3 atom stereocenters. The topological polar surface area (TPSA) is 27.7 Å². The van der Waals surface area contributed by atoms with E-state index in [0.29, 0.717) is 5.92 Å². The van der Waals surface area contributed by atoms with Gasteiger partial charge in [-0.25, -0.2) is 0 Å². The minimum absolute atomic E-state index is 0.370. The van der Waals surface area contributed by atoms with Crippen LogP contribution in [0.4, 0.5) is 0 Å². The Hall–Kier alpha value is -0.120. The van der Waals surface area contributed by atoms with E-state index in [9.17, 15) is 0 Å². The zero-order valence-corrected chi connectivity index (χ0v) is 8.04. The maximum atomic E-state index is 5.93. The van der Waals surface area contributed by atoms with Crippen molar-refractivity contribution < 1.29 is 14.5 Å². The highest BCUT2D eigenvalue weighted by molar-refractivity contribution is 4.92. The number of ether oxygens (including phenoxy) is 1. The summed E-state index contributed by atoms with van der Waals surface area (Å²) >= 11 is 0. The van der Waals surface area contributed by atoms with Gasteiger partial charge in [0.05, 0.1) is 0 Å². The molecule has 2 heterocycles. The summed E-state index contributed by atoms with van der Waals surface area (Å²) in [6.07, 6.45) is 6.93. The second-order valence-electron chi connectivity index (χ2n) is 4.70. The summed E-state index contributed by atoms with van der Waals surface area (Å²) in [4.78, 5) is 10.8. The number of rotatable bonds is 0. The van der Waals surface area contributed by atoms with Crippen molar-refractivity contribution in [2.45, 2.75) is 57.0 Å². The summed E-state index contributed by atoms with van der Waals surface area (Å²) in [7, 11) is 0. The molecule has 3 nitrogen and oxygen atoms in total. The molecule has 1 saturated carbocycles. The quantitative estimate of drug-likeness (QED) is 0.541. The summed E-state index contributed by atoms with van der Waals surface area (Å²) in [6.45, 7) is 1.98. The van der Waals surface area contributed by atoms with Gasteiger partial charge in [0.1, 0.15) is 0 Å². The molecule has 0 aromatic rings. The number of hydrogen-bond acceptors (Lipinski definition) is 3. The predicted molar refractivity (Wildman–Crippen MR) is 45.6 cm³/mol. The Bertz CT molecular complexity index is 226. The first-order valence-corrected chi connectivity index (χ1v) is 5.30. The van der Waals surface area contributed by atoms with Crippen LogP contribution in [0.3, 0.4) is 0 Å². The molecule has 2 saturated heterocycles. The number of fused-ring (bicyclic) bond motifs is 1. The van der Waals surface area contributed by atoms with Gasteiger partial charge in [0.25, 0.3) is 0 Å². The van der Waals surface area contributed by atoms with E-state index in [4.69, 9.17) is 14.5 Å². The van der Waals surface area contributed by atoms with Gasteiger partial charge in [0, 0.05) is 18.8 Å². The molecule has 0 radical (unpaired) electrons. The lowest BCUT2D eigenvalue weighted by molar-refractivity contribution is -0.352. The average molecular weight is 184 g/mol. The van der Waals surface area contributed by atoms with Crippen LogP contribution in [0, 0.1) is 5.92 Å². The van der Waals surface area contributed by atoms with Gasteiger partial charge in [0.2, 0.25) is 11.6 Å². The van der Waals surface area contributed by atoms with Crippen LogP contribution >= 0.6 is 0 Å². The van der Waals surface area contributed by atoms with Crippen molar-refractivity contribution in [1.82, 2.24) is 0 Å². The highest BCUT2D eigenvalue weighted by atomic mass is 17.3. The molecule has 1 aliphatic carbocycles. The van der Waals surface area contributed by atoms with Crippen molar-refractivity contribution in [1.29, 1.82) is 0 Å². The number of hydrogen-bond donors (Lipinski definition) is 0. The third-order valence-corrected chi connectivity index (χ3v) is 3.64. The zero-order valence-electron chi connectivity index (χ0n) is 8.04. The molecule has 0 aromatic carbocycles. The maximum Gasteiger partial charge on any atom is 0.207 e. The van der Waals surface area contributed by atoms with Gasteiger partial charge in [-0.15, -0.1) is 0 Å². The molecule has 3 heteroatoms. The van der Waals surface area contributed by atoms with E-state index in [-0.39, 0.29) is 5.79 Å². The Balaban J connectivity index is 1.90. The SMILES string of the molecule is CC12CCC3CCCCC3(OO1)O2. The standard InChI is InChI=1S/C10H16O3/c1-9-7-5-8-4-2-3-6-10(8,11-9)13-12-9/h8H,2-7H2,1H3. The Labute approximate surface area is 78.3 Å². The van der Waals surface area contributed by atoms with Crippen LogP contribution in [0.2, 0.25) is 0 Å². The molecule has 0 N–H and O–H groups in total. The molecule has 0 aromatic heterocycles. The lowest BCUT2D eigenvalue weighted by Gasteiger charge is -2.41. The van der Waals surface area contributed by atoms with Crippen LogP contribution in [0.5, 0.6) is 0 Å². The van der Waals surface area contributed by atoms with Crippen LogP contribution in [0.1, 0.15) is 45.4 Å². The van der Waals surface area contributed by atoms with Crippen molar-refractivity contribution in [3.8, 4) is 0 Å². The van der Waals surface area contributed by atoms with Gasteiger partial charge in [0.15, 0.2) is 0 Å². The summed E-state index contributed by atoms with van der Waals surface area (Å²) in [5, 5.41) is 0. The first-order valence-electron chi connectivity index (χ1n) is 5.30. The van der Waals surface area contributed by atoms with Crippen molar-refractivity contribution in [2.24, 2.45) is 5.92 Å². The summed E-state index contributed by atoms with van der Waals surface area (Å²) in [6, 6.07) is 0. The molecule has 3 aliphatic rings. The minimum Gasteiger partial charge on any atom is -0.312 e. The van der Waals surface area contributed by atoms with Crippen LogP contribution < -0.4 is 0 Å². The van der Waals surface area contributed by atoms with Crippen molar-refractivity contribution >= 4 is 0 Å². The molecular formula is C10H16O3. The average Bonchev–Trinajstić information content (AvgIpc) is 2.38. The summed E-state index contributed by atoms with van der Waals surface area (Å²) in [5.41, 5.74) is 0. The fraction of sp³-hybridized carbons (Fsp3) is 1.00. The van der Waals surface area contributed by atoms with Crippen LogP contribution in [0.15, 0.2) is 0 Å². The van der Waals surface area contributed by atoms with Gasteiger partial charge < -0.3 is 4.74 Å². The van der Waals surface area contributed by atoms with Gasteiger partial charge in [-0.2, -0.15) is 9.78 Å². The molecule has 2 bridgehead atoms. The third kappa shape index (κ3) is 1.07. The smallest absolute Gasteiger partial charge is 0.207 e. The first-order chi connectivity index (χ1) is 6.23. The Morgan fingerprint density at radius 2 is 2.00 bits per heavy atom. The zero-order chi connectivity index (χ0) is 8.94. The second kappa shape index (κ2) is 2.47. The van der Waals surface area contributed by atoms with E-state index in [0.717, 1.165) is 12.8 Å². The maximum absolute atomic E-state index is 5.93. The molecule has 3 fully saturated rings. The normalized spacial score (nSPS) is 54.7. The van der Waals surface area contributed by atoms with Crippen LogP contribution in [0.25, 0.3) is 0 Å². The van der Waals surface area contributed by atoms with E-state index in [1.54, 1.807) is 0 Å².